The van der Waals surface area contributed by atoms with E-state index in [1.807, 2.05) is 0 Å². The van der Waals surface area contributed by atoms with Gasteiger partial charge in [0.2, 0.25) is 0 Å². The van der Waals surface area contributed by atoms with E-state index >= 15 is 0 Å². The number of carbonyl (C=O) groups is 1. The second kappa shape index (κ2) is 14.1. The van der Waals surface area contributed by atoms with Crippen LogP contribution in [0.1, 0.15) is 42.8 Å². The van der Waals surface area contributed by atoms with Crippen LogP contribution in [0.25, 0.3) is 17.3 Å². The van der Waals surface area contributed by atoms with Crippen molar-refractivity contribution < 1.29 is 59.6 Å². The number of phosphoric acid groups is 1. The molecule has 0 fully saturated rings. The summed E-state index contributed by atoms with van der Waals surface area (Å²) >= 11 is 0. The summed E-state index contributed by atoms with van der Waals surface area (Å²) < 4.78 is 103. The third kappa shape index (κ3) is 7.84. The van der Waals surface area contributed by atoms with Crippen molar-refractivity contribution in [2.75, 3.05) is 30.3 Å². The van der Waals surface area contributed by atoms with Crippen molar-refractivity contribution in [1.29, 1.82) is 0 Å². The Morgan fingerprint density at radius 1 is 1.12 bits per heavy atom. The van der Waals surface area contributed by atoms with Crippen LogP contribution in [-0.2, 0) is 24.8 Å². The van der Waals surface area contributed by atoms with Crippen molar-refractivity contribution >= 4 is 31.4 Å². The molecule has 2 aromatic heterocycles. The average Bonchev–Trinajstić information content (AvgIpc) is 3.68. The van der Waals surface area contributed by atoms with E-state index in [4.69, 9.17) is 23.8 Å². The summed E-state index contributed by atoms with van der Waals surface area (Å²) in [7, 11) is -4.76. The van der Waals surface area contributed by atoms with Gasteiger partial charge in [0, 0.05) is 24.3 Å². The van der Waals surface area contributed by atoms with E-state index < -0.39 is 49.8 Å². The zero-order valence-corrected chi connectivity index (χ0v) is 25.8. The monoisotopic (exact) mass is 699 g/mol. The number of esters is 1. The van der Waals surface area contributed by atoms with Crippen LogP contribution in [0.2, 0.25) is 0 Å². The van der Waals surface area contributed by atoms with Crippen LogP contribution in [0, 0.1) is 11.6 Å². The number of anilines is 2. The van der Waals surface area contributed by atoms with E-state index in [0.717, 1.165) is 29.3 Å². The number of rotatable bonds is 13. The maximum absolute atomic E-state index is 14.5. The molecule has 0 saturated carbocycles. The molecule has 1 unspecified atom stereocenters. The first-order chi connectivity index (χ1) is 22.8. The van der Waals surface area contributed by atoms with E-state index in [9.17, 15) is 31.3 Å². The standard InChI is InChI=1S/C29H27F5N5O8P/c1-2-11-44-17-7-8-18(19(14-17)29(32,33)34)21-15-24(47-37-21)26(28(40)45-12-4-13-46-48(41,42)43)38-16-35-27-23(38)9-10-39(36-27)22-6-3-5-20(30)25(22)31/h3,5-10,14-16,26,36H,2,4,11-13H2,1H3,(H2,41,42,43). The second-order valence-corrected chi connectivity index (χ2v) is 11.4. The molecule has 3 heterocycles. The highest BCUT2D eigenvalue weighted by atomic mass is 31.2. The minimum atomic E-state index is -4.81. The van der Waals surface area contributed by atoms with Gasteiger partial charge in [-0.25, -0.2) is 23.1 Å². The number of imidazole rings is 1. The summed E-state index contributed by atoms with van der Waals surface area (Å²) in [5.41, 5.74) is 1.14. The highest BCUT2D eigenvalue weighted by Gasteiger charge is 2.37. The number of benzene rings is 2. The van der Waals surface area contributed by atoms with Gasteiger partial charge in [0.25, 0.3) is 0 Å². The lowest BCUT2D eigenvalue weighted by atomic mass is 10.0. The lowest BCUT2D eigenvalue weighted by Gasteiger charge is -2.26. The number of phosphoric ester groups is 1. The number of nitrogens with zero attached hydrogens (tertiary/aromatic N) is 4. The van der Waals surface area contributed by atoms with Crippen molar-refractivity contribution in [2.24, 2.45) is 0 Å². The van der Waals surface area contributed by atoms with Crippen molar-refractivity contribution in [3.05, 3.63) is 83.6 Å². The molecule has 0 bridgehead atoms. The molecule has 19 heteroatoms. The molecule has 13 nitrogen and oxygen atoms in total. The van der Waals surface area contributed by atoms with Gasteiger partial charge in [-0.2, -0.15) is 13.2 Å². The summed E-state index contributed by atoms with van der Waals surface area (Å²) in [5, 5.41) is 4.95. The van der Waals surface area contributed by atoms with Gasteiger partial charge >= 0.3 is 20.0 Å². The molecular formula is C29H27F5N5O8P. The maximum atomic E-state index is 14.5. The second-order valence-electron chi connectivity index (χ2n) is 10.2. The maximum Gasteiger partial charge on any atom is 0.469 e. The van der Waals surface area contributed by atoms with Crippen molar-refractivity contribution in [3.8, 4) is 17.0 Å². The number of aromatic nitrogens is 3. The van der Waals surface area contributed by atoms with Crippen molar-refractivity contribution in [3.63, 3.8) is 0 Å². The first kappa shape index (κ1) is 34.6. The molecule has 0 spiro atoms. The van der Waals surface area contributed by atoms with E-state index in [1.54, 1.807) is 6.92 Å². The topological polar surface area (TPSA) is 161 Å². The molecule has 2 aromatic carbocycles. The summed E-state index contributed by atoms with van der Waals surface area (Å²) in [6, 6.07) is 6.48. The van der Waals surface area contributed by atoms with Gasteiger partial charge in [0.1, 0.15) is 17.1 Å². The van der Waals surface area contributed by atoms with Gasteiger partial charge in [-0.05, 0) is 42.8 Å². The number of hydrogen-bond acceptors (Lipinski definition) is 10. The van der Waals surface area contributed by atoms with Crippen LogP contribution in [0.5, 0.6) is 5.75 Å². The lowest BCUT2D eigenvalue weighted by molar-refractivity contribution is -0.147. The Morgan fingerprint density at radius 3 is 2.65 bits per heavy atom. The zero-order valence-electron chi connectivity index (χ0n) is 24.9. The number of alkyl halides is 3. The van der Waals surface area contributed by atoms with E-state index in [1.165, 1.54) is 41.4 Å². The Kier molecular flexibility index (Phi) is 10.2. The van der Waals surface area contributed by atoms with Gasteiger partial charge in [-0.3, -0.25) is 15.0 Å². The van der Waals surface area contributed by atoms with Gasteiger partial charge in [0.15, 0.2) is 29.3 Å². The molecule has 1 aliphatic heterocycles. The molecule has 0 aliphatic carbocycles. The molecule has 1 aliphatic rings. The predicted molar refractivity (Wildman–Crippen MR) is 158 cm³/mol. The Labute approximate surface area is 268 Å². The lowest BCUT2D eigenvalue weighted by Crippen LogP contribution is -2.29. The Morgan fingerprint density at radius 2 is 1.92 bits per heavy atom. The van der Waals surface area contributed by atoms with Crippen LogP contribution in [0.15, 0.2) is 59.5 Å². The van der Waals surface area contributed by atoms with Crippen molar-refractivity contribution in [2.45, 2.75) is 32.0 Å². The summed E-state index contributed by atoms with van der Waals surface area (Å²) in [4.78, 5) is 35.4. The minimum absolute atomic E-state index is 0.00248. The molecule has 1 atom stereocenters. The van der Waals surface area contributed by atoms with E-state index in [-0.39, 0.29) is 59.6 Å². The number of hydrazine groups is 1. The normalized spacial score (nSPS) is 13.6. The fourth-order valence-corrected chi connectivity index (χ4v) is 5.01. The smallest absolute Gasteiger partial charge is 0.469 e. The van der Waals surface area contributed by atoms with Gasteiger partial charge in [0.05, 0.1) is 37.4 Å². The van der Waals surface area contributed by atoms with E-state index in [2.05, 4.69) is 20.1 Å². The van der Waals surface area contributed by atoms with Crippen LogP contribution >= 0.6 is 7.82 Å². The Bertz CT molecular complexity index is 1860. The largest absolute Gasteiger partial charge is 0.494 e. The highest BCUT2D eigenvalue weighted by Crippen LogP contribution is 2.40. The fourth-order valence-electron chi connectivity index (χ4n) is 4.64. The molecule has 0 amide bonds. The zero-order chi connectivity index (χ0) is 34.6. The molecule has 256 valence electrons. The SMILES string of the molecule is CCCOc1ccc(-c2cc(C(C(=O)OCCCOP(=O)(O)O)n3cnc4c3C=CN(c3cccc(F)c3F)N4)on2)c(C(F)(F)F)c1. The molecular weight excluding hydrogens is 672 g/mol. The summed E-state index contributed by atoms with van der Waals surface area (Å²) in [6.07, 6.45) is -0.439. The van der Waals surface area contributed by atoms with Crippen molar-refractivity contribution in [1.82, 2.24) is 14.7 Å². The highest BCUT2D eigenvalue weighted by molar-refractivity contribution is 7.46. The average molecular weight is 700 g/mol. The molecule has 3 N–H and O–H groups in total. The summed E-state index contributed by atoms with van der Waals surface area (Å²) in [5.74, 6) is -3.41. The fraction of sp³-hybridized carbons (Fsp3) is 0.276. The Balaban J connectivity index is 1.48. The third-order valence-electron chi connectivity index (χ3n) is 6.77. The van der Waals surface area contributed by atoms with Gasteiger partial charge in [-0.15, -0.1) is 0 Å². The molecule has 4 aromatic rings. The first-order valence-corrected chi connectivity index (χ1v) is 15.7. The minimum Gasteiger partial charge on any atom is -0.494 e. The number of nitrogens with one attached hydrogen (secondary N) is 1. The molecule has 0 saturated heterocycles. The van der Waals surface area contributed by atoms with Crippen LogP contribution < -0.4 is 15.2 Å². The van der Waals surface area contributed by atoms with Crippen LogP contribution in [0.4, 0.5) is 33.5 Å². The van der Waals surface area contributed by atoms with E-state index in [0.29, 0.717) is 6.42 Å². The molecule has 48 heavy (non-hydrogen) atoms. The third-order valence-corrected chi connectivity index (χ3v) is 7.29. The van der Waals surface area contributed by atoms with Gasteiger partial charge < -0.3 is 28.4 Å². The number of hydrogen-bond donors (Lipinski definition) is 3. The van der Waals surface area contributed by atoms with Crippen LogP contribution in [0.3, 0.4) is 0 Å². The number of halogens is 5. The van der Waals surface area contributed by atoms with Gasteiger partial charge in [-0.1, -0.05) is 18.1 Å². The predicted octanol–water partition coefficient (Wildman–Crippen LogP) is 6.07. The molecule has 5 rings (SSSR count). The number of carbonyl (C=O) groups excluding carboxylic acids is 1. The number of ether oxygens (including phenoxy) is 2. The quantitative estimate of drug-likeness (QED) is 0.0640. The van der Waals surface area contributed by atoms with Crippen LogP contribution in [-0.4, -0.2) is 50.3 Å². The Hall–Kier alpha value is -4.77. The first-order valence-electron chi connectivity index (χ1n) is 14.2. The molecule has 0 radical (unpaired) electrons. The number of fused-ring (bicyclic) bond motifs is 1. The summed E-state index contributed by atoms with van der Waals surface area (Å²) in [6.45, 7) is 1.18.